The molecule has 0 aromatic heterocycles. The van der Waals surface area contributed by atoms with Crippen LogP contribution in [0.1, 0.15) is 46.0 Å². The third kappa shape index (κ3) is 2.76. The van der Waals surface area contributed by atoms with Gasteiger partial charge in [-0.3, -0.25) is 4.90 Å². The molecule has 3 nitrogen and oxygen atoms in total. The molecule has 16 heavy (non-hydrogen) atoms. The molecule has 2 N–H and O–H groups in total. The summed E-state index contributed by atoms with van der Waals surface area (Å²) in [6.07, 6.45) is 6.81. The fraction of sp³-hybridized carbons (Fsp3) is 1.00. The molecule has 94 valence electrons. The molecule has 0 aromatic rings. The van der Waals surface area contributed by atoms with Crippen LogP contribution in [0.25, 0.3) is 0 Å². The van der Waals surface area contributed by atoms with E-state index in [9.17, 15) is 0 Å². The van der Waals surface area contributed by atoms with Gasteiger partial charge >= 0.3 is 0 Å². The van der Waals surface area contributed by atoms with Crippen molar-refractivity contribution in [3.8, 4) is 0 Å². The molecule has 0 aliphatic carbocycles. The maximum atomic E-state index is 6.12. The molecule has 2 rings (SSSR count). The molecular weight excluding hydrogens is 200 g/mol. The first-order valence-corrected chi connectivity index (χ1v) is 6.83. The Kier molecular flexibility index (Phi) is 4.22. The summed E-state index contributed by atoms with van der Waals surface area (Å²) >= 11 is 0. The fourth-order valence-electron chi connectivity index (χ4n) is 3.45. The number of piperidine rings is 2. The molecular formula is C13H26N2O. The highest BCUT2D eigenvalue weighted by Crippen LogP contribution is 2.33. The summed E-state index contributed by atoms with van der Waals surface area (Å²) in [5.74, 6) is 0. The Hall–Kier alpha value is -0.120. The number of nitrogens with zero attached hydrogens (tertiary/aromatic N) is 1. The number of hydrogen-bond donors (Lipinski definition) is 1. The Labute approximate surface area is 99.3 Å². The van der Waals surface area contributed by atoms with Gasteiger partial charge < -0.3 is 10.5 Å². The number of hydrogen-bond acceptors (Lipinski definition) is 3. The SMILES string of the molecule is CCOC(C)CN1C2CCCC1CC(N)C2. The average molecular weight is 226 g/mol. The topological polar surface area (TPSA) is 38.5 Å². The van der Waals surface area contributed by atoms with Crippen LogP contribution in [-0.4, -0.2) is 42.3 Å². The van der Waals surface area contributed by atoms with Gasteiger partial charge in [0.25, 0.3) is 0 Å². The molecule has 2 heterocycles. The Balaban J connectivity index is 1.92. The second-order valence-corrected chi connectivity index (χ2v) is 5.43. The van der Waals surface area contributed by atoms with Crippen LogP contribution in [0, 0.1) is 0 Å². The van der Waals surface area contributed by atoms with E-state index >= 15 is 0 Å². The summed E-state index contributed by atoms with van der Waals surface area (Å²) in [5.41, 5.74) is 6.12. The van der Waals surface area contributed by atoms with E-state index in [1.54, 1.807) is 0 Å². The van der Waals surface area contributed by atoms with Crippen molar-refractivity contribution >= 4 is 0 Å². The molecule has 3 atom stereocenters. The van der Waals surface area contributed by atoms with Crippen LogP contribution in [0.4, 0.5) is 0 Å². The summed E-state index contributed by atoms with van der Waals surface area (Å²) in [7, 11) is 0. The molecule has 0 radical (unpaired) electrons. The van der Waals surface area contributed by atoms with Gasteiger partial charge in [0.2, 0.25) is 0 Å². The second-order valence-electron chi connectivity index (χ2n) is 5.43. The zero-order chi connectivity index (χ0) is 11.5. The number of rotatable bonds is 4. The number of ether oxygens (including phenoxy) is 1. The van der Waals surface area contributed by atoms with Crippen LogP contribution in [0.3, 0.4) is 0 Å². The monoisotopic (exact) mass is 226 g/mol. The Bertz CT molecular complexity index is 208. The number of nitrogens with two attached hydrogens (primary N) is 1. The van der Waals surface area contributed by atoms with Crippen molar-refractivity contribution in [2.75, 3.05) is 13.2 Å². The van der Waals surface area contributed by atoms with Gasteiger partial charge in [-0.1, -0.05) is 6.42 Å². The summed E-state index contributed by atoms with van der Waals surface area (Å²) in [4.78, 5) is 2.67. The average Bonchev–Trinajstić information content (AvgIpc) is 2.19. The number of fused-ring (bicyclic) bond motifs is 2. The maximum absolute atomic E-state index is 6.12. The maximum Gasteiger partial charge on any atom is 0.0673 e. The molecule has 0 saturated carbocycles. The molecule has 3 unspecified atom stereocenters. The smallest absolute Gasteiger partial charge is 0.0673 e. The first-order chi connectivity index (χ1) is 7.70. The lowest BCUT2D eigenvalue weighted by Crippen LogP contribution is -2.57. The standard InChI is InChI=1S/C13H26N2O/c1-3-16-10(2)9-15-12-5-4-6-13(15)8-11(14)7-12/h10-13H,3-9,14H2,1-2H3. The third-order valence-electron chi connectivity index (χ3n) is 4.08. The van der Waals surface area contributed by atoms with Crippen LogP contribution >= 0.6 is 0 Å². The molecule has 3 heteroatoms. The van der Waals surface area contributed by atoms with Gasteiger partial charge in [-0.25, -0.2) is 0 Å². The van der Waals surface area contributed by atoms with E-state index in [2.05, 4.69) is 18.7 Å². The van der Waals surface area contributed by atoms with Crippen LogP contribution in [-0.2, 0) is 4.74 Å². The minimum absolute atomic E-state index is 0.363. The lowest BCUT2D eigenvalue weighted by molar-refractivity contribution is -0.0231. The van der Waals surface area contributed by atoms with Gasteiger partial charge in [0, 0.05) is 31.3 Å². The van der Waals surface area contributed by atoms with E-state index in [4.69, 9.17) is 10.5 Å². The summed E-state index contributed by atoms with van der Waals surface area (Å²) in [6, 6.07) is 1.89. The van der Waals surface area contributed by atoms with Crippen molar-refractivity contribution in [3.63, 3.8) is 0 Å². The molecule has 2 aliphatic heterocycles. The van der Waals surface area contributed by atoms with Crippen molar-refractivity contribution in [2.24, 2.45) is 5.73 Å². The Morgan fingerprint density at radius 2 is 1.94 bits per heavy atom. The van der Waals surface area contributed by atoms with Crippen LogP contribution in [0.5, 0.6) is 0 Å². The van der Waals surface area contributed by atoms with Crippen LogP contribution in [0.2, 0.25) is 0 Å². The lowest BCUT2D eigenvalue weighted by Gasteiger charge is -2.49. The minimum atomic E-state index is 0.363. The first kappa shape index (κ1) is 12.3. The van der Waals surface area contributed by atoms with Gasteiger partial charge in [0.1, 0.15) is 0 Å². The third-order valence-corrected chi connectivity index (χ3v) is 4.08. The zero-order valence-corrected chi connectivity index (χ0v) is 10.7. The normalized spacial score (nSPS) is 37.3. The van der Waals surface area contributed by atoms with Gasteiger partial charge in [0.15, 0.2) is 0 Å². The van der Waals surface area contributed by atoms with Crippen molar-refractivity contribution in [2.45, 2.75) is 70.2 Å². The largest absolute Gasteiger partial charge is 0.377 e. The van der Waals surface area contributed by atoms with Crippen molar-refractivity contribution in [1.29, 1.82) is 0 Å². The quantitative estimate of drug-likeness (QED) is 0.794. The summed E-state index contributed by atoms with van der Waals surface area (Å²) < 4.78 is 5.66. The molecule has 2 saturated heterocycles. The molecule has 2 fully saturated rings. The highest BCUT2D eigenvalue weighted by atomic mass is 16.5. The fourth-order valence-corrected chi connectivity index (χ4v) is 3.45. The van der Waals surface area contributed by atoms with Crippen molar-refractivity contribution in [3.05, 3.63) is 0 Å². The van der Waals surface area contributed by atoms with E-state index in [0.29, 0.717) is 12.1 Å². The first-order valence-electron chi connectivity index (χ1n) is 6.83. The zero-order valence-electron chi connectivity index (χ0n) is 10.7. The van der Waals surface area contributed by atoms with Crippen molar-refractivity contribution in [1.82, 2.24) is 4.90 Å². The molecule has 0 spiro atoms. The highest BCUT2D eigenvalue weighted by Gasteiger charge is 2.37. The molecule has 2 bridgehead atoms. The highest BCUT2D eigenvalue weighted by molar-refractivity contribution is 4.94. The molecule has 2 aliphatic rings. The van der Waals surface area contributed by atoms with Gasteiger partial charge in [0.05, 0.1) is 6.10 Å². The van der Waals surface area contributed by atoms with Crippen molar-refractivity contribution < 1.29 is 4.74 Å². The Morgan fingerprint density at radius 1 is 1.31 bits per heavy atom. The molecule has 0 amide bonds. The van der Waals surface area contributed by atoms with E-state index in [1.165, 1.54) is 32.1 Å². The van der Waals surface area contributed by atoms with E-state index < -0.39 is 0 Å². The minimum Gasteiger partial charge on any atom is -0.377 e. The van der Waals surface area contributed by atoms with Crippen LogP contribution < -0.4 is 5.73 Å². The lowest BCUT2D eigenvalue weighted by atomic mass is 9.82. The van der Waals surface area contributed by atoms with Crippen LogP contribution in [0.15, 0.2) is 0 Å². The predicted molar refractivity (Wildman–Crippen MR) is 66.4 cm³/mol. The van der Waals surface area contributed by atoms with E-state index in [1.807, 2.05) is 0 Å². The van der Waals surface area contributed by atoms with E-state index in [0.717, 1.165) is 25.2 Å². The van der Waals surface area contributed by atoms with Gasteiger partial charge in [-0.2, -0.15) is 0 Å². The summed E-state index contributed by atoms with van der Waals surface area (Å²) in [6.45, 7) is 6.18. The predicted octanol–water partition coefficient (Wildman–Crippen LogP) is 1.76. The second kappa shape index (κ2) is 5.48. The molecule has 0 aromatic carbocycles. The van der Waals surface area contributed by atoms with Gasteiger partial charge in [-0.15, -0.1) is 0 Å². The van der Waals surface area contributed by atoms with Gasteiger partial charge in [-0.05, 0) is 39.5 Å². The summed E-state index contributed by atoms with van der Waals surface area (Å²) in [5, 5.41) is 0. The van der Waals surface area contributed by atoms with E-state index in [-0.39, 0.29) is 0 Å². The Morgan fingerprint density at radius 3 is 2.50 bits per heavy atom.